The highest BCUT2D eigenvalue weighted by Crippen LogP contribution is 2.08. The van der Waals surface area contributed by atoms with E-state index < -0.39 is 5.97 Å². The normalized spacial score (nSPS) is 10.2. The topological polar surface area (TPSA) is 37.3 Å². The van der Waals surface area contributed by atoms with Crippen molar-refractivity contribution in [3.8, 4) is 0 Å². The highest BCUT2D eigenvalue weighted by molar-refractivity contribution is 5.62. The number of rotatable bonds is 10. The highest BCUT2D eigenvalue weighted by atomic mass is 16.4. The molecule has 1 N–H and O–H groups in total. The lowest BCUT2D eigenvalue weighted by atomic mass is 10.1. The molecule has 0 atom stereocenters. The first kappa shape index (κ1) is 19.5. The minimum Gasteiger partial charge on any atom is -0.481 e. The summed E-state index contributed by atoms with van der Waals surface area (Å²) in [4.78, 5) is 9.00. The Balaban J connectivity index is 0. The minimum absolute atomic E-state index is 0.833. The molecule has 0 aromatic rings. The number of hydrogen-bond donors (Lipinski definition) is 1. The van der Waals surface area contributed by atoms with Gasteiger partial charge in [0.2, 0.25) is 0 Å². The van der Waals surface area contributed by atoms with Crippen molar-refractivity contribution in [2.24, 2.45) is 0 Å². The van der Waals surface area contributed by atoms with Gasteiger partial charge in [0, 0.05) is 6.92 Å². The molecule has 0 saturated carbocycles. The Labute approximate surface area is 113 Å². The van der Waals surface area contributed by atoms with Gasteiger partial charge in [0.05, 0.1) is 0 Å². The number of aliphatic carboxylic acids is 1. The first-order valence-electron chi connectivity index (χ1n) is 7.49. The maximum atomic E-state index is 9.00. The highest BCUT2D eigenvalue weighted by Gasteiger charge is 1.88. The molecule has 0 aromatic carbocycles. The van der Waals surface area contributed by atoms with Gasteiger partial charge in [0.25, 0.3) is 5.97 Å². The summed E-state index contributed by atoms with van der Waals surface area (Å²) in [6.07, 6.45) is 18.5. The second kappa shape index (κ2) is 18.6. The monoisotopic (exact) mass is 256 g/mol. The average Bonchev–Trinajstić information content (AvgIpc) is 2.31. The van der Waals surface area contributed by atoms with Crippen molar-refractivity contribution in [3.63, 3.8) is 0 Å². The van der Waals surface area contributed by atoms with E-state index in [4.69, 9.17) is 9.90 Å². The van der Waals surface area contributed by atoms with Gasteiger partial charge in [-0.1, -0.05) is 70.9 Å². The van der Waals surface area contributed by atoms with Crippen molar-refractivity contribution in [2.45, 2.75) is 85.0 Å². The third-order valence-corrected chi connectivity index (χ3v) is 2.60. The Morgan fingerprint density at radius 1 is 0.833 bits per heavy atom. The lowest BCUT2D eigenvalue weighted by Gasteiger charge is -1.98. The lowest BCUT2D eigenvalue weighted by Crippen LogP contribution is -1.78. The van der Waals surface area contributed by atoms with Crippen molar-refractivity contribution in [1.82, 2.24) is 0 Å². The second-order valence-corrected chi connectivity index (χ2v) is 4.69. The van der Waals surface area contributed by atoms with Crippen molar-refractivity contribution >= 4 is 5.97 Å². The number of hydrogen-bond acceptors (Lipinski definition) is 1. The van der Waals surface area contributed by atoms with E-state index >= 15 is 0 Å². The molecule has 0 unspecified atom stereocenters. The number of carboxylic acid groups (broad SMARTS) is 1. The van der Waals surface area contributed by atoms with Crippen LogP contribution in [0.3, 0.4) is 0 Å². The third kappa shape index (κ3) is 29.5. The molecule has 0 fully saturated rings. The van der Waals surface area contributed by atoms with E-state index in [-0.39, 0.29) is 0 Å². The standard InChI is InChI=1S/C14H28.C2H4O2/c1-3-5-7-9-11-13-14-12-10-8-6-4-2;1-2(3)4/h7,9H,3-6,8,10-14H2,1-2H3;1H3,(H,3,4). The van der Waals surface area contributed by atoms with Gasteiger partial charge in [-0.3, -0.25) is 4.79 Å². The lowest BCUT2D eigenvalue weighted by molar-refractivity contribution is -0.134. The van der Waals surface area contributed by atoms with Crippen LogP contribution in [-0.2, 0) is 4.79 Å². The van der Waals surface area contributed by atoms with Crippen LogP contribution in [0.4, 0.5) is 0 Å². The van der Waals surface area contributed by atoms with Gasteiger partial charge in [-0.2, -0.15) is 0 Å². The zero-order valence-corrected chi connectivity index (χ0v) is 12.6. The van der Waals surface area contributed by atoms with Crippen LogP contribution in [0.1, 0.15) is 85.0 Å². The molecule has 0 radical (unpaired) electrons. The van der Waals surface area contributed by atoms with E-state index in [0.29, 0.717) is 0 Å². The van der Waals surface area contributed by atoms with Gasteiger partial charge >= 0.3 is 0 Å². The van der Waals surface area contributed by atoms with Crippen LogP contribution in [0.15, 0.2) is 12.2 Å². The Kier molecular flexibility index (Phi) is 20.2. The predicted molar refractivity (Wildman–Crippen MR) is 80.0 cm³/mol. The fourth-order valence-corrected chi connectivity index (χ4v) is 1.62. The zero-order valence-electron chi connectivity index (χ0n) is 12.6. The molecule has 0 aromatic heterocycles. The molecule has 0 saturated heterocycles. The molecule has 0 rings (SSSR count). The third-order valence-electron chi connectivity index (χ3n) is 2.60. The Morgan fingerprint density at radius 3 is 1.78 bits per heavy atom. The molecule has 0 spiro atoms. The van der Waals surface area contributed by atoms with Crippen LogP contribution in [0, 0.1) is 0 Å². The van der Waals surface area contributed by atoms with Gasteiger partial charge in [-0.25, -0.2) is 0 Å². The molecule has 0 aliphatic heterocycles. The Hall–Kier alpha value is -0.790. The van der Waals surface area contributed by atoms with Crippen LogP contribution in [0.5, 0.6) is 0 Å². The molecular formula is C16H32O2. The van der Waals surface area contributed by atoms with E-state index in [1.807, 2.05) is 0 Å². The van der Waals surface area contributed by atoms with Gasteiger partial charge < -0.3 is 5.11 Å². The average molecular weight is 256 g/mol. The molecule has 0 heterocycles. The number of carboxylic acids is 1. The van der Waals surface area contributed by atoms with E-state index in [0.717, 1.165) is 6.92 Å². The van der Waals surface area contributed by atoms with E-state index in [1.165, 1.54) is 64.2 Å². The first-order chi connectivity index (χ1) is 8.65. The number of unbranched alkanes of at least 4 members (excludes halogenated alkanes) is 8. The number of allylic oxidation sites excluding steroid dienone is 2. The molecule has 0 aliphatic rings. The molecule has 2 heteroatoms. The number of carbonyl (C=O) groups is 1. The zero-order chi connectivity index (χ0) is 14.1. The fourth-order valence-electron chi connectivity index (χ4n) is 1.62. The predicted octanol–water partition coefficient (Wildman–Crippen LogP) is 5.57. The Bertz CT molecular complexity index is 182. The molecule has 2 nitrogen and oxygen atoms in total. The first-order valence-corrected chi connectivity index (χ1v) is 7.49. The summed E-state index contributed by atoms with van der Waals surface area (Å²) in [6, 6.07) is 0. The summed E-state index contributed by atoms with van der Waals surface area (Å²) < 4.78 is 0. The van der Waals surface area contributed by atoms with Crippen LogP contribution < -0.4 is 0 Å². The van der Waals surface area contributed by atoms with Crippen molar-refractivity contribution in [2.75, 3.05) is 0 Å². The SMILES string of the molecule is CC(=O)O.CCCC=CCCCCCCCCC. The van der Waals surface area contributed by atoms with Gasteiger partial charge in [0.15, 0.2) is 0 Å². The molecule has 108 valence electrons. The summed E-state index contributed by atoms with van der Waals surface area (Å²) in [5, 5.41) is 7.42. The summed E-state index contributed by atoms with van der Waals surface area (Å²) >= 11 is 0. The summed E-state index contributed by atoms with van der Waals surface area (Å²) in [7, 11) is 0. The molecule has 18 heavy (non-hydrogen) atoms. The minimum atomic E-state index is -0.833. The van der Waals surface area contributed by atoms with Crippen molar-refractivity contribution in [3.05, 3.63) is 12.2 Å². The van der Waals surface area contributed by atoms with Gasteiger partial charge in [-0.05, 0) is 19.3 Å². The summed E-state index contributed by atoms with van der Waals surface area (Å²) in [6.45, 7) is 5.59. The van der Waals surface area contributed by atoms with Crippen LogP contribution >= 0.6 is 0 Å². The summed E-state index contributed by atoms with van der Waals surface area (Å²) in [5.74, 6) is -0.833. The fraction of sp³-hybridized carbons (Fsp3) is 0.812. The second-order valence-electron chi connectivity index (χ2n) is 4.69. The Morgan fingerprint density at radius 2 is 1.28 bits per heavy atom. The molecule has 0 amide bonds. The molecule has 0 aliphatic carbocycles. The van der Waals surface area contributed by atoms with Crippen LogP contribution in [0.2, 0.25) is 0 Å². The molecule has 0 bridgehead atoms. The molecular weight excluding hydrogens is 224 g/mol. The smallest absolute Gasteiger partial charge is 0.300 e. The van der Waals surface area contributed by atoms with Crippen LogP contribution in [0.25, 0.3) is 0 Å². The quantitative estimate of drug-likeness (QED) is 0.409. The van der Waals surface area contributed by atoms with Gasteiger partial charge in [-0.15, -0.1) is 0 Å². The maximum absolute atomic E-state index is 9.00. The van der Waals surface area contributed by atoms with Crippen LogP contribution in [-0.4, -0.2) is 11.1 Å². The van der Waals surface area contributed by atoms with E-state index in [2.05, 4.69) is 26.0 Å². The summed E-state index contributed by atoms with van der Waals surface area (Å²) in [5.41, 5.74) is 0. The van der Waals surface area contributed by atoms with Gasteiger partial charge in [0.1, 0.15) is 0 Å². The van der Waals surface area contributed by atoms with Crippen molar-refractivity contribution < 1.29 is 9.90 Å². The van der Waals surface area contributed by atoms with Crippen molar-refractivity contribution in [1.29, 1.82) is 0 Å². The van der Waals surface area contributed by atoms with E-state index in [1.54, 1.807) is 0 Å². The maximum Gasteiger partial charge on any atom is 0.300 e. The van der Waals surface area contributed by atoms with E-state index in [9.17, 15) is 0 Å². The largest absolute Gasteiger partial charge is 0.481 e.